The van der Waals surface area contributed by atoms with Gasteiger partial charge in [0.25, 0.3) is 0 Å². The molecule has 0 saturated heterocycles. The Hall–Kier alpha value is -2.89. The van der Waals surface area contributed by atoms with Crippen LogP contribution in [-0.4, -0.2) is 26.3 Å². The molecule has 1 aliphatic rings. The largest absolute Gasteiger partial charge is 0.309 e. The van der Waals surface area contributed by atoms with E-state index in [2.05, 4.69) is 25.7 Å². The number of nitrogens with one attached hydrogen (secondary N) is 3. The van der Waals surface area contributed by atoms with Crippen LogP contribution in [-0.2, 0) is 11.2 Å². The predicted octanol–water partition coefficient (Wildman–Crippen LogP) is 3.48. The third-order valence-electron chi connectivity index (χ3n) is 4.62. The SMILES string of the molecule is Cc1n[nH]c(C)c1-c1ccc(CC(=O)Nc2cc(C3CC3)[nH]n2)cc1. The van der Waals surface area contributed by atoms with Crippen molar-refractivity contribution in [3.8, 4) is 11.1 Å². The van der Waals surface area contributed by atoms with Crippen LogP contribution in [0.2, 0.25) is 0 Å². The second kappa shape index (κ2) is 6.20. The number of hydrogen-bond donors (Lipinski definition) is 3. The first kappa shape index (κ1) is 15.6. The number of nitrogens with zero attached hydrogens (tertiary/aromatic N) is 2. The Morgan fingerprint density at radius 2 is 1.92 bits per heavy atom. The highest BCUT2D eigenvalue weighted by molar-refractivity contribution is 5.91. The fourth-order valence-corrected chi connectivity index (χ4v) is 3.14. The summed E-state index contributed by atoms with van der Waals surface area (Å²) in [4.78, 5) is 12.2. The number of carbonyl (C=O) groups excluding carboxylic acids is 1. The zero-order valence-electron chi connectivity index (χ0n) is 14.4. The molecule has 1 aromatic carbocycles. The van der Waals surface area contributed by atoms with Crippen molar-refractivity contribution >= 4 is 11.7 Å². The molecule has 25 heavy (non-hydrogen) atoms. The van der Waals surface area contributed by atoms with E-state index >= 15 is 0 Å². The van der Waals surface area contributed by atoms with Gasteiger partial charge in [0.05, 0.1) is 12.1 Å². The van der Waals surface area contributed by atoms with Gasteiger partial charge in [0.15, 0.2) is 5.82 Å². The van der Waals surface area contributed by atoms with Crippen LogP contribution in [0.25, 0.3) is 11.1 Å². The van der Waals surface area contributed by atoms with Crippen molar-refractivity contribution in [1.82, 2.24) is 20.4 Å². The van der Waals surface area contributed by atoms with Gasteiger partial charge in [0, 0.05) is 28.9 Å². The molecule has 1 fully saturated rings. The van der Waals surface area contributed by atoms with Gasteiger partial charge >= 0.3 is 0 Å². The van der Waals surface area contributed by atoms with Crippen molar-refractivity contribution in [3.63, 3.8) is 0 Å². The summed E-state index contributed by atoms with van der Waals surface area (Å²) in [5, 5.41) is 17.2. The van der Waals surface area contributed by atoms with Gasteiger partial charge in [0.2, 0.25) is 5.91 Å². The Morgan fingerprint density at radius 3 is 2.56 bits per heavy atom. The normalized spacial score (nSPS) is 13.8. The molecule has 0 spiro atoms. The molecule has 1 saturated carbocycles. The highest BCUT2D eigenvalue weighted by atomic mass is 16.1. The molecule has 2 heterocycles. The molecule has 4 rings (SSSR count). The number of amides is 1. The molecule has 0 radical (unpaired) electrons. The fraction of sp³-hybridized carbons (Fsp3) is 0.316. The minimum absolute atomic E-state index is 0.0581. The number of aromatic amines is 2. The molecular weight excluding hydrogens is 314 g/mol. The number of rotatable bonds is 5. The average molecular weight is 335 g/mol. The van der Waals surface area contributed by atoms with Crippen LogP contribution in [0.1, 0.15) is 41.4 Å². The van der Waals surface area contributed by atoms with Gasteiger partial charge in [0.1, 0.15) is 0 Å². The van der Waals surface area contributed by atoms with Crippen molar-refractivity contribution in [1.29, 1.82) is 0 Å². The molecule has 6 heteroatoms. The van der Waals surface area contributed by atoms with Crippen molar-refractivity contribution in [2.75, 3.05) is 5.32 Å². The van der Waals surface area contributed by atoms with Crippen LogP contribution in [0.15, 0.2) is 30.3 Å². The number of benzene rings is 1. The zero-order chi connectivity index (χ0) is 17.4. The summed E-state index contributed by atoms with van der Waals surface area (Å²) in [5.41, 5.74) is 6.35. The summed E-state index contributed by atoms with van der Waals surface area (Å²) in [6.07, 6.45) is 2.74. The van der Waals surface area contributed by atoms with E-state index in [9.17, 15) is 4.79 Å². The predicted molar refractivity (Wildman–Crippen MR) is 96.4 cm³/mol. The second-order valence-electron chi connectivity index (χ2n) is 6.71. The summed E-state index contributed by atoms with van der Waals surface area (Å²) < 4.78 is 0. The van der Waals surface area contributed by atoms with E-state index in [1.165, 1.54) is 12.8 Å². The second-order valence-corrected chi connectivity index (χ2v) is 6.71. The molecular formula is C19H21N5O. The van der Waals surface area contributed by atoms with Crippen molar-refractivity contribution in [3.05, 3.63) is 53.0 Å². The van der Waals surface area contributed by atoms with Gasteiger partial charge in [-0.05, 0) is 37.8 Å². The van der Waals surface area contributed by atoms with Gasteiger partial charge < -0.3 is 5.32 Å². The van der Waals surface area contributed by atoms with Gasteiger partial charge in [-0.3, -0.25) is 15.0 Å². The van der Waals surface area contributed by atoms with Gasteiger partial charge in [-0.15, -0.1) is 0 Å². The highest BCUT2D eigenvalue weighted by Crippen LogP contribution is 2.39. The van der Waals surface area contributed by atoms with E-state index < -0.39 is 0 Å². The topological polar surface area (TPSA) is 86.5 Å². The number of carbonyl (C=O) groups is 1. The molecule has 0 atom stereocenters. The maximum absolute atomic E-state index is 12.2. The monoisotopic (exact) mass is 335 g/mol. The van der Waals surface area contributed by atoms with Crippen LogP contribution in [0.3, 0.4) is 0 Å². The Kier molecular flexibility index (Phi) is 3.87. The number of H-pyrrole nitrogens is 2. The highest BCUT2D eigenvalue weighted by Gasteiger charge is 2.25. The summed E-state index contributed by atoms with van der Waals surface area (Å²) in [6.45, 7) is 4.00. The van der Waals surface area contributed by atoms with Gasteiger partial charge in [-0.25, -0.2) is 0 Å². The van der Waals surface area contributed by atoms with Crippen molar-refractivity contribution in [2.24, 2.45) is 0 Å². The van der Waals surface area contributed by atoms with Crippen LogP contribution in [0, 0.1) is 13.8 Å². The molecule has 1 amide bonds. The quantitative estimate of drug-likeness (QED) is 0.667. The van der Waals surface area contributed by atoms with E-state index in [-0.39, 0.29) is 5.91 Å². The number of hydrogen-bond acceptors (Lipinski definition) is 3. The van der Waals surface area contributed by atoms with Crippen LogP contribution in [0.5, 0.6) is 0 Å². The van der Waals surface area contributed by atoms with Crippen molar-refractivity contribution in [2.45, 2.75) is 39.0 Å². The molecule has 128 valence electrons. The average Bonchev–Trinajstić information content (AvgIpc) is 3.25. The van der Waals surface area contributed by atoms with E-state index in [1.54, 1.807) is 0 Å². The smallest absolute Gasteiger partial charge is 0.229 e. The lowest BCUT2D eigenvalue weighted by molar-refractivity contribution is -0.115. The lowest BCUT2D eigenvalue weighted by Crippen LogP contribution is -2.14. The minimum Gasteiger partial charge on any atom is -0.309 e. The Balaban J connectivity index is 1.41. The summed E-state index contributed by atoms with van der Waals surface area (Å²) in [7, 11) is 0. The molecule has 0 unspecified atom stereocenters. The summed E-state index contributed by atoms with van der Waals surface area (Å²) in [6, 6.07) is 9.98. The first-order valence-corrected chi connectivity index (χ1v) is 8.56. The minimum atomic E-state index is -0.0581. The van der Waals surface area contributed by atoms with E-state index in [1.807, 2.05) is 44.2 Å². The third kappa shape index (κ3) is 3.33. The molecule has 0 bridgehead atoms. The maximum Gasteiger partial charge on any atom is 0.229 e. The molecule has 3 aromatic rings. The standard InChI is InChI=1S/C19H21N5O/c1-11-19(12(2)22-21-11)15-5-3-13(4-6-15)9-18(25)20-17-10-16(23-24-17)14-7-8-14/h3-6,10,14H,7-9H2,1-2H3,(H,21,22)(H2,20,23,24,25). The first-order chi connectivity index (χ1) is 12.1. The Labute approximate surface area is 146 Å². The Bertz CT molecular complexity index is 883. The Morgan fingerprint density at radius 1 is 1.16 bits per heavy atom. The fourth-order valence-electron chi connectivity index (χ4n) is 3.14. The first-order valence-electron chi connectivity index (χ1n) is 8.56. The van der Waals surface area contributed by atoms with Crippen LogP contribution < -0.4 is 5.32 Å². The zero-order valence-corrected chi connectivity index (χ0v) is 14.4. The molecule has 0 aliphatic heterocycles. The molecule has 2 aromatic heterocycles. The van der Waals surface area contributed by atoms with E-state index in [0.717, 1.165) is 33.8 Å². The summed E-state index contributed by atoms with van der Waals surface area (Å²) >= 11 is 0. The number of aromatic nitrogens is 4. The molecule has 3 N–H and O–H groups in total. The van der Waals surface area contributed by atoms with Crippen molar-refractivity contribution < 1.29 is 4.79 Å². The third-order valence-corrected chi connectivity index (χ3v) is 4.62. The van der Waals surface area contributed by atoms with Gasteiger partial charge in [-0.1, -0.05) is 24.3 Å². The number of anilines is 1. The van der Waals surface area contributed by atoms with Crippen LogP contribution >= 0.6 is 0 Å². The molecule has 1 aliphatic carbocycles. The lowest BCUT2D eigenvalue weighted by atomic mass is 10.0. The lowest BCUT2D eigenvalue weighted by Gasteiger charge is -2.05. The maximum atomic E-state index is 12.2. The number of aryl methyl sites for hydroxylation is 2. The summed E-state index contributed by atoms with van der Waals surface area (Å²) in [5.74, 6) is 1.14. The van der Waals surface area contributed by atoms with Crippen LogP contribution in [0.4, 0.5) is 5.82 Å². The van der Waals surface area contributed by atoms with E-state index in [4.69, 9.17) is 0 Å². The molecule has 6 nitrogen and oxygen atoms in total. The van der Waals surface area contributed by atoms with Gasteiger partial charge in [-0.2, -0.15) is 10.2 Å². The van der Waals surface area contributed by atoms with E-state index in [0.29, 0.717) is 18.2 Å².